The Bertz CT molecular complexity index is 1540. The summed E-state index contributed by atoms with van der Waals surface area (Å²) in [6, 6.07) is 19.3. The molecule has 0 bridgehead atoms. The van der Waals surface area contributed by atoms with Gasteiger partial charge in [-0.05, 0) is 90.7 Å². The van der Waals surface area contributed by atoms with Gasteiger partial charge < -0.3 is 9.84 Å². The normalized spacial score (nSPS) is 13.7. The van der Waals surface area contributed by atoms with Gasteiger partial charge in [-0.2, -0.15) is 4.37 Å². The molecule has 0 atom stereocenters. The molecule has 1 amide bonds. The Balaban J connectivity index is 1.37. The molecule has 0 unspecified atom stereocenters. The lowest BCUT2D eigenvalue weighted by molar-refractivity contribution is -0.140. The molecule has 4 aromatic rings. The Morgan fingerprint density at radius 2 is 1.68 bits per heavy atom. The van der Waals surface area contributed by atoms with E-state index in [9.17, 15) is 14.7 Å². The maximum absolute atomic E-state index is 12.6. The van der Waals surface area contributed by atoms with Crippen LogP contribution in [0.1, 0.15) is 40.8 Å². The van der Waals surface area contributed by atoms with Crippen molar-refractivity contribution in [3.05, 3.63) is 93.6 Å². The Hall–Kier alpha value is -3.68. The summed E-state index contributed by atoms with van der Waals surface area (Å²) >= 11 is 7.50. The number of carboxylic acid groups (broad SMARTS) is 1. The molecule has 6 nitrogen and oxygen atoms in total. The fourth-order valence-corrected chi connectivity index (χ4v) is 5.81. The number of nitrogens with one attached hydrogen (secondary N) is 1. The van der Waals surface area contributed by atoms with Crippen LogP contribution in [-0.4, -0.2) is 21.5 Å². The zero-order valence-electron chi connectivity index (χ0n) is 21.3. The molecule has 1 heterocycles. The van der Waals surface area contributed by atoms with E-state index in [1.165, 1.54) is 11.5 Å². The van der Waals surface area contributed by atoms with E-state index in [0.717, 1.165) is 43.8 Å². The van der Waals surface area contributed by atoms with Gasteiger partial charge in [-0.1, -0.05) is 60.1 Å². The molecule has 2 N–H and O–H groups in total. The zero-order chi connectivity index (χ0) is 27.0. The second-order valence-electron chi connectivity index (χ2n) is 9.71. The Morgan fingerprint density at radius 3 is 2.34 bits per heavy atom. The Kier molecular flexibility index (Phi) is 6.99. The van der Waals surface area contributed by atoms with E-state index >= 15 is 0 Å². The standard InChI is InChI=1S/C30H27ClN2O4S/c1-17-15-24(18(2)14-23(17)20-8-10-22(11-9-20)30(12-13-30)28(34)35)27-26(19(3)33-38-27)32-29(36)37-16-21-6-4-5-7-25(21)31/h4-11,14-15H,12-13,16H2,1-3H3,(H,32,36)(H,34,35). The van der Waals surface area contributed by atoms with Crippen molar-refractivity contribution in [1.82, 2.24) is 4.37 Å². The number of benzene rings is 3. The van der Waals surface area contributed by atoms with E-state index in [1.807, 2.05) is 63.2 Å². The van der Waals surface area contributed by atoms with Crippen LogP contribution in [0.4, 0.5) is 10.5 Å². The molecule has 3 aromatic carbocycles. The molecule has 0 radical (unpaired) electrons. The largest absolute Gasteiger partial charge is 0.481 e. The lowest BCUT2D eigenvalue weighted by atomic mass is 9.91. The minimum Gasteiger partial charge on any atom is -0.481 e. The van der Waals surface area contributed by atoms with Crippen molar-refractivity contribution in [2.45, 2.75) is 45.6 Å². The van der Waals surface area contributed by atoms with Crippen molar-refractivity contribution >= 4 is 40.9 Å². The molecule has 0 saturated heterocycles. The monoisotopic (exact) mass is 546 g/mol. The number of nitrogens with zero attached hydrogens (tertiary/aromatic N) is 1. The molecule has 194 valence electrons. The van der Waals surface area contributed by atoms with Crippen LogP contribution < -0.4 is 5.32 Å². The number of carbonyl (C=O) groups excluding carboxylic acids is 1. The molecule has 1 fully saturated rings. The number of aryl methyl sites for hydroxylation is 3. The highest BCUT2D eigenvalue weighted by Gasteiger charge is 2.51. The number of aromatic nitrogens is 1. The number of carboxylic acids is 1. The van der Waals surface area contributed by atoms with Crippen LogP contribution in [0.2, 0.25) is 5.02 Å². The molecule has 0 spiro atoms. The van der Waals surface area contributed by atoms with Gasteiger partial charge in [0.1, 0.15) is 6.61 Å². The average molecular weight is 547 g/mol. The summed E-state index contributed by atoms with van der Waals surface area (Å²) in [6.45, 7) is 6.00. The summed E-state index contributed by atoms with van der Waals surface area (Å²) in [5, 5.41) is 13.0. The molecular weight excluding hydrogens is 520 g/mol. The van der Waals surface area contributed by atoms with Crippen molar-refractivity contribution < 1.29 is 19.4 Å². The third-order valence-corrected chi connectivity index (χ3v) is 8.47. The molecule has 1 aliphatic carbocycles. The molecule has 1 aromatic heterocycles. The van der Waals surface area contributed by atoms with Gasteiger partial charge in [0, 0.05) is 10.6 Å². The molecule has 8 heteroatoms. The van der Waals surface area contributed by atoms with Gasteiger partial charge in [0.05, 0.1) is 21.7 Å². The number of halogens is 1. The highest BCUT2D eigenvalue weighted by Crippen LogP contribution is 2.49. The van der Waals surface area contributed by atoms with Crippen LogP contribution in [0.5, 0.6) is 0 Å². The van der Waals surface area contributed by atoms with Gasteiger partial charge in [0.2, 0.25) is 0 Å². The first-order valence-corrected chi connectivity index (χ1v) is 13.4. The summed E-state index contributed by atoms with van der Waals surface area (Å²) in [6.07, 6.45) is 0.801. The second-order valence-corrected chi connectivity index (χ2v) is 10.9. The highest BCUT2D eigenvalue weighted by molar-refractivity contribution is 7.10. The van der Waals surface area contributed by atoms with E-state index in [0.29, 0.717) is 29.2 Å². The smallest absolute Gasteiger partial charge is 0.412 e. The van der Waals surface area contributed by atoms with Crippen molar-refractivity contribution in [2.24, 2.45) is 0 Å². The summed E-state index contributed by atoms with van der Waals surface area (Å²) < 4.78 is 9.90. The SMILES string of the molecule is Cc1cc(-c2snc(C)c2NC(=O)OCc2ccccc2Cl)c(C)cc1-c1ccc(C2(C(=O)O)CC2)cc1. The van der Waals surface area contributed by atoms with Crippen LogP contribution in [0.25, 0.3) is 21.6 Å². The number of ether oxygens (including phenoxy) is 1. The number of hydrogen-bond donors (Lipinski definition) is 2. The van der Waals surface area contributed by atoms with E-state index in [4.69, 9.17) is 16.3 Å². The number of hydrogen-bond acceptors (Lipinski definition) is 5. The molecule has 38 heavy (non-hydrogen) atoms. The van der Waals surface area contributed by atoms with Gasteiger partial charge in [-0.3, -0.25) is 10.1 Å². The first-order chi connectivity index (χ1) is 18.2. The predicted molar refractivity (Wildman–Crippen MR) is 151 cm³/mol. The predicted octanol–water partition coefficient (Wildman–Crippen LogP) is 7.92. The highest BCUT2D eigenvalue weighted by atomic mass is 35.5. The van der Waals surface area contributed by atoms with Gasteiger partial charge >= 0.3 is 12.1 Å². The maximum atomic E-state index is 12.6. The Morgan fingerprint density at radius 1 is 1.03 bits per heavy atom. The topological polar surface area (TPSA) is 88.5 Å². The second kappa shape index (κ2) is 10.2. The van der Waals surface area contributed by atoms with E-state index in [-0.39, 0.29) is 6.61 Å². The number of anilines is 1. The van der Waals surface area contributed by atoms with Crippen LogP contribution in [0.3, 0.4) is 0 Å². The first kappa shape index (κ1) is 25.9. The van der Waals surface area contributed by atoms with Crippen molar-refractivity contribution in [1.29, 1.82) is 0 Å². The van der Waals surface area contributed by atoms with Crippen LogP contribution in [0, 0.1) is 20.8 Å². The van der Waals surface area contributed by atoms with Crippen molar-refractivity contribution in [2.75, 3.05) is 5.32 Å². The van der Waals surface area contributed by atoms with Gasteiger partial charge in [-0.15, -0.1) is 0 Å². The summed E-state index contributed by atoms with van der Waals surface area (Å²) in [4.78, 5) is 25.2. The fraction of sp³-hybridized carbons (Fsp3) is 0.233. The summed E-state index contributed by atoms with van der Waals surface area (Å²) in [5.74, 6) is -0.751. The number of amides is 1. The third-order valence-electron chi connectivity index (χ3n) is 7.13. The first-order valence-electron chi connectivity index (χ1n) is 12.3. The molecule has 5 rings (SSSR count). The van der Waals surface area contributed by atoms with E-state index in [1.54, 1.807) is 6.07 Å². The third kappa shape index (κ3) is 4.91. The summed E-state index contributed by atoms with van der Waals surface area (Å²) in [7, 11) is 0. The minimum absolute atomic E-state index is 0.0661. The van der Waals surface area contributed by atoms with Crippen LogP contribution in [-0.2, 0) is 21.6 Å². The van der Waals surface area contributed by atoms with Gasteiger partial charge in [0.25, 0.3) is 0 Å². The Labute approximate surface area is 230 Å². The van der Waals surface area contributed by atoms with E-state index in [2.05, 4.69) is 21.8 Å². The quantitative estimate of drug-likeness (QED) is 0.246. The fourth-order valence-electron chi connectivity index (χ4n) is 4.69. The van der Waals surface area contributed by atoms with Crippen LogP contribution >= 0.6 is 23.1 Å². The van der Waals surface area contributed by atoms with Crippen molar-refractivity contribution in [3.8, 4) is 21.6 Å². The zero-order valence-corrected chi connectivity index (χ0v) is 22.9. The minimum atomic E-state index is -0.751. The number of carbonyl (C=O) groups is 2. The lowest BCUT2D eigenvalue weighted by Gasteiger charge is -2.15. The van der Waals surface area contributed by atoms with Gasteiger partial charge in [-0.25, -0.2) is 4.79 Å². The molecule has 1 saturated carbocycles. The van der Waals surface area contributed by atoms with E-state index < -0.39 is 17.5 Å². The molecule has 1 aliphatic rings. The lowest BCUT2D eigenvalue weighted by Crippen LogP contribution is -2.19. The van der Waals surface area contributed by atoms with Crippen molar-refractivity contribution in [3.63, 3.8) is 0 Å². The maximum Gasteiger partial charge on any atom is 0.412 e. The van der Waals surface area contributed by atoms with Gasteiger partial charge in [0.15, 0.2) is 0 Å². The number of rotatable bonds is 7. The number of aliphatic carboxylic acids is 1. The summed E-state index contributed by atoms with van der Waals surface area (Å²) in [5.41, 5.74) is 7.41. The average Bonchev–Trinajstić information content (AvgIpc) is 3.65. The molecular formula is C30H27ClN2O4S. The van der Waals surface area contributed by atoms with Crippen LogP contribution in [0.15, 0.2) is 60.7 Å². The molecule has 0 aliphatic heterocycles.